The molecule has 0 saturated carbocycles. The molecule has 0 bridgehead atoms. The van der Waals surface area contributed by atoms with Gasteiger partial charge >= 0.3 is 12.1 Å². The zero-order valence-corrected chi connectivity index (χ0v) is 13.4. The first-order chi connectivity index (χ1) is 11.6. The number of hydrogen-bond donors (Lipinski definition) is 1. The van der Waals surface area contributed by atoms with Gasteiger partial charge in [0.2, 0.25) is 0 Å². The molecule has 2 aromatic carbocycles. The van der Waals surface area contributed by atoms with Crippen LogP contribution in [-0.2, 0) is 4.79 Å². The predicted octanol–water partition coefficient (Wildman–Crippen LogP) is 5.19. The maximum absolute atomic E-state index is 12.4. The summed E-state index contributed by atoms with van der Waals surface area (Å²) in [5.41, 5.74) is -1.64. The number of nitrogens with zero attached hydrogens (tertiary/aromatic N) is 1. The van der Waals surface area contributed by atoms with E-state index in [2.05, 4.69) is 0 Å². The molecule has 2 rings (SSSR count). The topological polar surface area (TPSA) is 81.5 Å². The summed E-state index contributed by atoms with van der Waals surface area (Å²) >= 11 is 11.7. The van der Waals surface area contributed by atoms with Crippen molar-refractivity contribution in [1.29, 1.82) is 0 Å². The molecule has 0 aliphatic heterocycles. The summed E-state index contributed by atoms with van der Waals surface area (Å²) in [7, 11) is 0. The molecule has 6 nitrogen and oxygen atoms in total. The number of amides is 1. The van der Waals surface area contributed by atoms with Crippen LogP contribution in [0.1, 0.15) is 0 Å². The maximum atomic E-state index is 12.4. The van der Waals surface area contributed by atoms with Gasteiger partial charge in [-0.25, -0.2) is 0 Å². The lowest BCUT2D eigenvalue weighted by atomic mass is 10.2. The number of benzene rings is 2. The number of carbonyl (C=O) groups excluding carboxylic acids is 1. The van der Waals surface area contributed by atoms with Crippen LogP contribution >= 0.6 is 23.2 Å². The minimum absolute atomic E-state index is 0.191. The lowest BCUT2D eigenvalue weighted by Gasteiger charge is -2.13. The minimum Gasteiger partial charge on any atom is -0.456 e. The van der Waals surface area contributed by atoms with E-state index >= 15 is 0 Å². The van der Waals surface area contributed by atoms with Crippen LogP contribution in [-0.4, -0.2) is 17.0 Å². The third-order valence-corrected chi connectivity index (χ3v) is 3.41. The van der Waals surface area contributed by atoms with Crippen molar-refractivity contribution in [1.82, 2.24) is 0 Å². The molecule has 0 aromatic heterocycles. The van der Waals surface area contributed by atoms with E-state index in [1.165, 1.54) is 17.4 Å². The molecule has 0 heterocycles. The highest BCUT2D eigenvalue weighted by Crippen LogP contribution is 2.41. The predicted molar refractivity (Wildman–Crippen MR) is 84.3 cm³/mol. The summed E-state index contributed by atoms with van der Waals surface area (Å²) in [5, 5.41) is 12.1. The molecule has 0 radical (unpaired) electrons. The molecule has 1 amide bonds. The van der Waals surface area contributed by atoms with Gasteiger partial charge in [-0.1, -0.05) is 29.3 Å². The van der Waals surface area contributed by atoms with Crippen molar-refractivity contribution < 1.29 is 27.6 Å². The van der Waals surface area contributed by atoms with Crippen LogP contribution in [0.2, 0.25) is 10.0 Å². The Bertz CT molecular complexity index is 843. The van der Waals surface area contributed by atoms with Gasteiger partial charge in [-0.15, -0.1) is 0 Å². The van der Waals surface area contributed by atoms with Crippen LogP contribution in [0.4, 0.5) is 24.5 Å². The molecule has 132 valence electrons. The van der Waals surface area contributed by atoms with Crippen molar-refractivity contribution in [2.24, 2.45) is 0 Å². The largest absolute Gasteiger partial charge is 0.471 e. The van der Waals surface area contributed by atoms with E-state index in [1.807, 2.05) is 0 Å². The highest BCUT2D eigenvalue weighted by atomic mass is 35.5. The average molecular weight is 395 g/mol. The van der Waals surface area contributed by atoms with Crippen molar-refractivity contribution in [3.63, 3.8) is 0 Å². The molecule has 25 heavy (non-hydrogen) atoms. The molecule has 2 aromatic rings. The smallest absolute Gasteiger partial charge is 0.456 e. The summed E-state index contributed by atoms with van der Waals surface area (Å²) in [6.45, 7) is 0. The third-order valence-electron chi connectivity index (χ3n) is 2.80. The van der Waals surface area contributed by atoms with Crippen molar-refractivity contribution >= 4 is 40.5 Å². The number of halogens is 5. The van der Waals surface area contributed by atoms with Crippen molar-refractivity contribution in [2.75, 3.05) is 5.32 Å². The molecule has 0 aliphatic rings. The third kappa shape index (κ3) is 4.52. The van der Waals surface area contributed by atoms with E-state index in [1.54, 1.807) is 12.1 Å². The summed E-state index contributed by atoms with van der Waals surface area (Å²) in [6.07, 6.45) is -5.25. The lowest BCUT2D eigenvalue weighted by molar-refractivity contribution is -0.383. The number of hydrogen-bond acceptors (Lipinski definition) is 4. The van der Waals surface area contributed by atoms with Gasteiger partial charge in [-0.05, 0) is 24.3 Å². The Morgan fingerprint density at radius 1 is 1.20 bits per heavy atom. The maximum Gasteiger partial charge on any atom is 0.471 e. The van der Waals surface area contributed by atoms with Gasteiger partial charge in [0, 0.05) is 11.1 Å². The van der Waals surface area contributed by atoms with Crippen LogP contribution in [0.3, 0.4) is 0 Å². The quantitative estimate of drug-likeness (QED) is 0.570. The molecule has 1 N–H and O–H groups in total. The van der Waals surface area contributed by atoms with Crippen molar-refractivity contribution in [2.45, 2.75) is 6.18 Å². The average Bonchev–Trinajstić information content (AvgIpc) is 2.50. The number of nitro benzene ring substituents is 1. The summed E-state index contributed by atoms with van der Waals surface area (Å²) in [4.78, 5) is 21.1. The summed E-state index contributed by atoms with van der Waals surface area (Å²) in [5.74, 6) is -2.42. The van der Waals surface area contributed by atoms with Crippen molar-refractivity contribution in [3.8, 4) is 11.5 Å². The normalized spacial score (nSPS) is 11.1. The molecule has 0 aliphatic carbocycles. The Morgan fingerprint density at radius 3 is 2.44 bits per heavy atom. The van der Waals surface area contributed by atoms with E-state index in [-0.39, 0.29) is 11.5 Å². The molecule has 0 saturated heterocycles. The highest BCUT2D eigenvalue weighted by molar-refractivity contribution is 6.36. The fraction of sp³-hybridized carbons (Fsp3) is 0.0714. The highest BCUT2D eigenvalue weighted by Gasteiger charge is 2.40. The summed E-state index contributed by atoms with van der Waals surface area (Å²) < 4.78 is 42.6. The monoisotopic (exact) mass is 394 g/mol. The molecule has 0 fully saturated rings. The van der Waals surface area contributed by atoms with Gasteiger partial charge in [0.25, 0.3) is 5.69 Å². The number of carbonyl (C=O) groups is 1. The second-order valence-electron chi connectivity index (χ2n) is 4.54. The number of anilines is 1. The first-order valence-electron chi connectivity index (χ1n) is 6.38. The van der Waals surface area contributed by atoms with Crippen LogP contribution in [0, 0.1) is 10.1 Å². The fourth-order valence-corrected chi connectivity index (χ4v) is 2.16. The number of nitro groups is 1. The second kappa shape index (κ2) is 7.16. The Hall–Kier alpha value is -2.52. The first-order valence-corrected chi connectivity index (χ1v) is 7.13. The number of nitrogens with one attached hydrogen (secondary N) is 1. The van der Waals surface area contributed by atoms with E-state index in [0.29, 0.717) is 5.02 Å². The zero-order valence-electron chi connectivity index (χ0n) is 11.9. The Kier molecular flexibility index (Phi) is 5.39. The van der Waals surface area contributed by atoms with Gasteiger partial charge < -0.3 is 10.1 Å². The first kappa shape index (κ1) is 18.8. The molecular formula is C14H7Cl2F3N2O4. The van der Waals surface area contributed by atoms with Crippen LogP contribution in [0.15, 0.2) is 36.4 Å². The van der Waals surface area contributed by atoms with Crippen molar-refractivity contribution in [3.05, 3.63) is 56.6 Å². The van der Waals surface area contributed by atoms with Gasteiger partial charge in [-0.2, -0.15) is 13.2 Å². The molecule has 0 unspecified atom stereocenters. The van der Waals surface area contributed by atoms with E-state index < -0.39 is 33.4 Å². The summed E-state index contributed by atoms with van der Waals surface area (Å²) in [6, 6.07) is 7.93. The van der Waals surface area contributed by atoms with Gasteiger partial charge in [0.1, 0.15) is 22.2 Å². The standard InChI is InChI=1S/C14H7Cl2F3N2O4/c15-7-2-1-3-8(6-7)25-10-5-4-9(21(23)24)12(11(10)16)20-13(22)14(17,18)19/h1-6H,(H,20,22). The second-order valence-corrected chi connectivity index (χ2v) is 5.35. The molecule has 0 atom stereocenters. The minimum atomic E-state index is -5.25. The lowest BCUT2D eigenvalue weighted by Crippen LogP contribution is -2.30. The van der Waals surface area contributed by atoms with Crippen LogP contribution in [0.5, 0.6) is 11.5 Å². The Balaban J connectivity index is 2.45. The number of ether oxygens (including phenoxy) is 1. The Labute approximate surface area is 148 Å². The molecular weight excluding hydrogens is 388 g/mol. The van der Waals surface area contributed by atoms with Crippen LogP contribution < -0.4 is 10.1 Å². The van der Waals surface area contributed by atoms with E-state index in [4.69, 9.17) is 27.9 Å². The fourth-order valence-electron chi connectivity index (χ4n) is 1.74. The number of alkyl halides is 3. The van der Waals surface area contributed by atoms with E-state index in [0.717, 1.165) is 12.1 Å². The van der Waals surface area contributed by atoms with E-state index in [9.17, 15) is 28.1 Å². The molecule has 0 spiro atoms. The van der Waals surface area contributed by atoms with Gasteiger partial charge in [0.05, 0.1) is 4.92 Å². The molecule has 11 heteroatoms. The van der Waals surface area contributed by atoms with Gasteiger partial charge in [-0.3, -0.25) is 14.9 Å². The van der Waals surface area contributed by atoms with Crippen LogP contribution in [0.25, 0.3) is 0 Å². The Morgan fingerprint density at radius 2 is 1.88 bits per heavy atom. The number of rotatable bonds is 4. The van der Waals surface area contributed by atoms with Gasteiger partial charge in [0.15, 0.2) is 0 Å². The SMILES string of the molecule is O=C(Nc1c([N+](=O)[O-])ccc(Oc2cccc(Cl)c2)c1Cl)C(F)(F)F. The zero-order chi connectivity index (χ0) is 18.8.